The Morgan fingerprint density at radius 1 is 1.07 bits per heavy atom. The molecule has 41 heavy (non-hydrogen) atoms. The number of aromatic nitrogens is 3. The number of halogens is 1. The molecule has 10 nitrogen and oxygen atoms in total. The number of piperidine rings is 2. The smallest absolute Gasteiger partial charge is 0.410 e. The van der Waals surface area contributed by atoms with Crippen molar-refractivity contribution in [2.24, 2.45) is 5.92 Å². The third-order valence-electron chi connectivity index (χ3n) is 7.92. The van der Waals surface area contributed by atoms with Crippen LogP contribution in [-0.2, 0) is 16.1 Å². The molecule has 5 rings (SSSR count). The van der Waals surface area contributed by atoms with E-state index in [1.807, 2.05) is 51.1 Å². The standard InChI is InChI=1S/C30H36ClN5O5/c1-29(2,3)41-28(39)35-14-11-21(22(17-35)20-7-5-4-6-8-20)26(37)34-15-12-30(40,13-16-34)18-36-19-32-23-9-10-24(31)33-25(23)27(36)38/h4-10,19,21-22,40H,11-18H2,1-3H3/t21-,22+/m1/s1. The Labute approximate surface area is 243 Å². The number of ether oxygens (including phenoxy) is 1. The number of carbonyl (C=O) groups excluding carboxylic acids is 2. The summed E-state index contributed by atoms with van der Waals surface area (Å²) in [5, 5.41) is 11.6. The molecule has 2 atom stereocenters. The zero-order valence-electron chi connectivity index (χ0n) is 23.6. The van der Waals surface area contributed by atoms with E-state index in [1.54, 1.807) is 21.9 Å². The van der Waals surface area contributed by atoms with Gasteiger partial charge in [-0.15, -0.1) is 0 Å². The predicted molar refractivity (Wildman–Crippen MR) is 155 cm³/mol. The van der Waals surface area contributed by atoms with Crippen LogP contribution in [0.3, 0.4) is 0 Å². The maximum absolute atomic E-state index is 13.9. The number of fused-ring (bicyclic) bond motifs is 1. The summed E-state index contributed by atoms with van der Waals surface area (Å²) >= 11 is 5.97. The third kappa shape index (κ3) is 6.54. The Morgan fingerprint density at radius 3 is 2.46 bits per heavy atom. The average Bonchev–Trinajstić information content (AvgIpc) is 2.94. The Kier molecular flexibility index (Phi) is 8.07. The molecule has 2 fully saturated rings. The zero-order chi connectivity index (χ0) is 29.4. The fourth-order valence-corrected chi connectivity index (χ4v) is 5.90. The molecule has 2 aromatic heterocycles. The lowest BCUT2D eigenvalue weighted by molar-refractivity contribution is -0.142. The van der Waals surface area contributed by atoms with E-state index in [2.05, 4.69) is 9.97 Å². The van der Waals surface area contributed by atoms with Crippen LogP contribution in [0, 0.1) is 5.92 Å². The van der Waals surface area contributed by atoms with Crippen LogP contribution < -0.4 is 5.56 Å². The van der Waals surface area contributed by atoms with Crippen molar-refractivity contribution in [2.45, 2.75) is 63.7 Å². The molecule has 2 amide bonds. The largest absolute Gasteiger partial charge is 0.444 e. The Balaban J connectivity index is 1.27. The van der Waals surface area contributed by atoms with E-state index in [0.29, 0.717) is 51.0 Å². The Bertz CT molecular complexity index is 1480. The first kappa shape index (κ1) is 29.0. The molecule has 218 valence electrons. The number of likely N-dealkylation sites (tertiary alicyclic amines) is 2. The van der Waals surface area contributed by atoms with E-state index in [-0.39, 0.29) is 46.6 Å². The van der Waals surface area contributed by atoms with Gasteiger partial charge in [0.2, 0.25) is 5.91 Å². The summed E-state index contributed by atoms with van der Waals surface area (Å²) < 4.78 is 6.97. The topological polar surface area (TPSA) is 118 Å². The van der Waals surface area contributed by atoms with Gasteiger partial charge in [0, 0.05) is 38.0 Å². The van der Waals surface area contributed by atoms with Crippen molar-refractivity contribution in [2.75, 3.05) is 26.2 Å². The molecule has 2 saturated heterocycles. The normalized spacial score (nSPS) is 21.1. The molecule has 1 aromatic carbocycles. The molecule has 0 aliphatic carbocycles. The minimum atomic E-state index is -1.17. The molecule has 2 aliphatic heterocycles. The van der Waals surface area contributed by atoms with Crippen molar-refractivity contribution >= 4 is 34.6 Å². The molecule has 11 heteroatoms. The van der Waals surface area contributed by atoms with Gasteiger partial charge in [-0.2, -0.15) is 0 Å². The highest BCUT2D eigenvalue weighted by molar-refractivity contribution is 6.29. The van der Waals surface area contributed by atoms with Gasteiger partial charge in [0.15, 0.2) is 5.52 Å². The van der Waals surface area contributed by atoms with Crippen LogP contribution in [0.4, 0.5) is 4.79 Å². The maximum Gasteiger partial charge on any atom is 0.410 e. The lowest BCUT2D eigenvalue weighted by atomic mass is 9.79. The summed E-state index contributed by atoms with van der Waals surface area (Å²) in [7, 11) is 0. The maximum atomic E-state index is 13.9. The second-order valence-corrected chi connectivity index (χ2v) is 12.5. The van der Waals surface area contributed by atoms with Crippen molar-refractivity contribution in [1.82, 2.24) is 24.3 Å². The van der Waals surface area contributed by atoms with Crippen molar-refractivity contribution in [3.8, 4) is 0 Å². The number of aliphatic hydroxyl groups is 1. The molecule has 0 saturated carbocycles. The number of hydrogen-bond acceptors (Lipinski definition) is 7. The van der Waals surface area contributed by atoms with Gasteiger partial charge in [-0.05, 0) is 57.7 Å². The summed E-state index contributed by atoms with van der Waals surface area (Å²) in [6.45, 7) is 7.12. The summed E-state index contributed by atoms with van der Waals surface area (Å²) in [6.07, 6.45) is 2.20. The monoisotopic (exact) mass is 581 g/mol. The molecule has 0 unspecified atom stereocenters. The molecular weight excluding hydrogens is 546 g/mol. The molecule has 0 spiro atoms. The summed E-state index contributed by atoms with van der Waals surface area (Å²) in [4.78, 5) is 51.6. The summed E-state index contributed by atoms with van der Waals surface area (Å²) in [5.74, 6) is -0.453. The van der Waals surface area contributed by atoms with Crippen molar-refractivity contribution in [3.63, 3.8) is 0 Å². The molecule has 3 aromatic rings. The fourth-order valence-electron chi connectivity index (χ4n) is 5.75. The second-order valence-electron chi connectivity index (χ2n) is 12.1. The van der Waals surface area contributed by atoms with Gasteiger partial charge < -0.3 is 19.6 Å². The van der Waals surface area contributed by atoms with Crippen LogP contribution in [0.25, 0.3) is 11.0 Å². The predicted octanol–water partition coefficient (Wildman–Crippen LogP) is 3.84. The third-order valence-corrected chi connectivity index (χ3v) is 8.13. The number of nitrogens with zero attached hydrogens (tertiary/aromatic N) is 5. The zero-order valence-corrected chi connectivity index (χ0v) is 24.4. The van der Waals surface area contributed by atoms with Crippen molar-refractivity contribution in [1.29, 1.82) is 0 Å². The van der Waals surface area contributed by atoms with E-state index in [4.69, 9.17) is 16.3 Å². The van der Waals surface area contributed by atoms with Gasteiger partial charge in [0.1, 0.15) is 10.8 Å². The van der Waals surface area contributed by atoms with Crippen LogP contribution in [-0.4, -0.2) is 78.8 Å². The van der Waals surface area contributed by atoms with Gasteiger partial charge in [-0.25, -0.2) is 14.8 Å². The highest BCUT2D eigenvalue weighted by Gasteiger charge is 2.42. The number of carbonyl (C=O) groups is 2. The van der Waals surface area contributed by atoms with E-state index in [0.717, 1.165) is 5.56 Å². The van der Waals surface area contributed by atoms with Gasteiger partial charge in [0.05, 0.1) is 24.0 Å². The van der Waals surface area contributed by atoms with Gasteiger partial charge in [-0.1, -0.05) is 41.9 Å². The van der Waals surface area contributed by atoms with E-state index < -0.39 is 11.2 Å². The highest BCUT2D eigenvalue weighted by atomic mass is 35.5. The quantitative estimate of drug-likeness (QED) is 0.465. The van der Waals surface area contributed by atoms with Crippen LogP contribution in [0.5, 0.6) is 0 Å². The van der Waals surface area contributed by atoms with E-state index >= 15 is 0 Å². The minimum Gasteiger partial charge on any atom is -0.444 e. The minimum absolute atomic E-state index is 0.0214. The van der Waals surface area contributed by atoms with Gasteiger partial charge in [0.25, 0.3) is 5.56 Å². The lowest BCUT2D eigenvalue weighted by Gasteiger charge is -2.43. The molecule has 1 N–H and O–H groups in total. The summed E-state index contributed by atoms with van der Waals surface area (Å²) in [6, 6.07) is 13.0. The summed E-state index contributed by atoms with van der Waals surface area (Å²) in [5.41, 5.74) is -0.548. The molecule has 2 aliphatic rings. The molecule has 4 heterocycles. The number of rotatable bonds is 4. The number of hydrogen-bond donors (Lipinski definition) is 1. The van der Waals surface area contributed by atoms with Crippen molar-refractivity contribution in [3.05, 3.63) is 69.9 Å². The molecule has 0 bridgehead atoms. The fraction of sp³-hybridized carbons (Fsp3) is 0.500. The lowest BCUT2D eigenvalue weighted by Crippen LogP contribution is -2.53. The second kappa shape index (κ2) is 11.4. The first-order valence-corrected chi connectivity index (χ1v) is 14.4. The van der Waals surface area contributed by atoms with Crippen LogP contribution in [0.15, 0.2) is 53.6 Å². The SMILES string of the molecule is CC(C)(C)OC(=O)N1CC[C@@H](C(=O)N2CCC(O)(Cn3cnc4ccc(Cl)nc4c3=O)CC2)[C@H](c2ccccc2)C1. The molecule has 0 radical (unpaired) electrons. The highest BCUT2D eigenvalue weighted by Crippen LogP contribution is 2.36. The number of amides is 2. The van der Waals surface area contributed by atoms with Crippen LogP contribution in [0.1, 0.15) is 51.5 Å². The number of benzene rings is 1. The Morgan fingerprint density at radius 2 is 1.78 bits per heavy atom. The first-order chi connectivity index (χ1) is 19.4. The van der Waals surface area contributed by atoms with Gasteiger partial charge >= 0.3 is 6.09 Å². The molecular formula is C30H36ClN5O5. The van der Waals surface area contributed by atoms with E-state index in [9.17, 15) is 19.5 Å². The van der Waals surface area contributed by atoms with Gasteiger partial charge in [-0.3, -0.25) is 14.2 Å². The number of pyridine rings is 1. The van der Waals surface area contributed by atoms with Crippen LogP contribution in [0.2, 0.25) is 5.15 Å². The first-order valence-electron chi connectivity index (χ1n) is 14.0. The Hall–Kier alpha value is -3.50. The van der Waals surface area contributed by atoms with E-state index in [1.165, 1.54) is 10.9 Å². The van der Waals surface area contributed by atoms with Crippen molar-refractivity contribution < 1.29 is 19.4 Å². The average molecular weight is 582 g/mol. The van der Waals surface area contributed by atoms with Crippen LogP contribution >= 0.6 is 11.6 Å².